The molecule has 9 heteroatoms. The van der Waals surface area contributed by atoms with Gasteiger partial charge in [-0.1, -0.05) is 36.2 Å². The second-order valence-corrected chi connectivity index (χ2v) is 10.2. The van der Waals surface area contributed by atoms with E-state index in [1.54, 1.807) is 33.5 Å². The van der Waals surface area contributed by atoms with E-state index in [9.17, 15) is 4.79 Å². The van der Waals surface area contributed by atoms with E-state index in [4.69, 9.17) is 37.4 Å². The Morgan fingerprint density at radius 1 is 1.03 bits per heavy atom. The summed E-state index contributed by atoms with van der Waals surface area (Å²) in [5, 5.41) is 7.05. The predicted molar refractivity (Wildman–Crippen MR) is 146 cm³/mol. The van der Waals surface area contributed by atoms with Gasteiger partial charge in [-0.3, -0.25) is 0 Å². The second kappa shape index (κ2) is 13.8. The number of nitrogens with one attached hydrogen (secondary N) is 2. The van der Waals surface area contributed by atoms with Crippen molar-refractivity contribution in [1.29, 1.82) is 0 Å². The van der Waals surface area contributed by atoms with Crippen LogP contribution in [0.2, 0.25) is 10.0 Å². The molecular formula is C27H37Cl2N3O4. The molecule has 2 N–H and O–H groups in total. The second-order valence-electron chi connectivity index (χ2n) is 9.38. The van der Waals surface area contributed by atoms with Gasteiger partial charge in [0.25, 0.3) is 0 Å². The molecule has 0 aromatic heterocycles. The molecule has 1 saturated heterocycles. The number of hydrogen-bond acceptors (Lipinski definition) is 5. The van der Waals surface area contributed by atoms with Crippen molar-refractivity contribution < 1.29 is 19.0 Å². The molecule has 0 unspecified atom stereocenters. The quantitative estimate of drug-likeness (QED) is 0.361. The van der Waals surface area contributed by atoms with Crippen LogP contribution < -0.4 is 24.8 Å². The number of ether oxygens (including phenoxy) is 3. The first-order chi connectivity index (χ1) is 17.3. The minimum absolute atomic E-state index is 0.265. The van der Waals surface area contributed by atoms with Gasteiger partial charge in [0.2, 0.25) is 5.75 Å². The number of halogens is 2. The third-order valence-electron chi connectivity index (χ3n) is 6.69. The minimum Gasteiger partial charge on any atom is -0.493 e. The van der Waals surface area contributed by atoms with Gasteiger partial charge in [-0.2, -0.15) is 0 Å². The van der Waals surface area contributed by atoms with E-state index in [-0.39, 0.29) is 6.03 Å². The van der Waals surface area contributed by atoms with Gasteiger partial charge in [-0.05, 0) is 74.8 Å². The number of rotatable bonds is 11. The third kappa shape index (κ3) is 8.08. The highest BCUT2D eigenvalue weighted by atomic mass is 35.5. The lowest BCUT2D eigenvalue weighted by Gasteiger charge is -2.32. The largest absolute Gasteiger partial charge is 0.493 e. The standard InChI is InChI=1S/C27H37Cl2N3O4/c1-18(17-30-27(33)31-21-15-24(34-2)26(36-4)25(16-21)35-3)7-10-32-11-8-19(9-12-32)13-20-5-6-22(28)23(29)14-20/h5-6,14-16,18-19H,7-13,17H2,1-4H3,(H2,30,31,33)/t18-/m1/s1. The molecule has 1 aliphatic rings. The number of benzene rings is 2. The van der Waals surface area contributed by atoms with Gasteiger partial charge in [0.05, 0.1) is 37.1 Å². The average Bonchev–Trinajstić information content (AvgIpc) is 2.88. The fourth-order valence-corrected chi connectivity index (χ4v) is 4.84. The molecule has 0 bridgehead atoms. The van der Waals surface area contributed by atoms with Crippen molar-refractivity contribution in [3.05, 3.63) is 45.9 Å². The van der Waals surface area contributed by atoms with E-state index in [0.29, 0.717) is 51.4 Å². The number of carbonyl (C=O) groups is 1. The Morgan fingerprint density at radius 3 is 2.28 bits per heavy atom. The highest BCUT2D eigenvalue weighted by molar-refractivity contribution is 6.42. The number of hydrogen-bond donors (Lipinski definition) is 2. The first-order valence-corrected chi connectivity index (χ1v) is 13.1. The Bertz CT molecular complexity index is 988. The van der Waals surface area contributed by atoms with Crippen molar-refractivity contribution in [3.63, 3.8) is 0 Å². The van der Waals surface area contributed by atoms with Gasteiger partial charge in [0, 0.05) is 18.7 Å². The molecule has 0 saturated carbocycles. The monoisotopic (exact) mass is 537 g/mol. The number of anilines is 1. The number of methoxy groups -OCH3 is 3. The summed E-state index contributed by atoms with van der Waals surface area (Å²) in [5.41, 5.74) is 1.82. The van der Waals surface area contributed by atoms with Crippen molar-refractivity contribution in [1.82, 2.24) is 10.2 Å². The molecule has 1 aliphatic heterocycles. The first kappa shape index (κ1) is 28.2. The zero-order valence-corrected chi connectivity index (χ0v) is 23.0. The van der Waals surface area contributed by atoms with Crippen LogP contribution in [0.5, 0.6) is 17.2 Å². The molecule has 0 radical (unpaired) electrons. The van der Waals surface area contributed by atoms with E-state index < -0.39 is 0 Å². The van der Waals surface area contributed by atoms with Crippen LogP contribution in [0.3, 0.4) is 0 Å². The van der Waals surface area contributed by atoms with Crippen molar-refractivity contribution >= 4 is 34.9 Å². The Labute approximate surface area is 224 Å². The highest BCUT2D eigenvalue weighted by Gasteiger charge is 2.20. The molecule has 2 aromatic rings. The summed E-state index contributed by atoms with van der Waals surface area (Å²) in [7, 11) is 4.63. The van der Waals surface area contributed by atoms with Crippen LogP contribution in [0.4, 0.5) is 10.5 Å². The zero-order valence-electron chi connectivity index (χ0n) is 21.5. The van der Waals surface area contributed by atoms with Crippen LogP contribution in [0.15, 0.2) is 30.3 Å². The Balaban J connectivity index is 1.36. The van der Waals surface area contributed by atoms with E-state index in [1.807, 2.05) is 12.1 Å². The topological polar surface area (TPSA) is 72.1 Å². The molecule has 0 aliphatic carbocycles. The minimum atomic E-state index is -0.265. The molecule has 198 valence electrons. The van der Waals surface area contributed by atoms with Crippen molar-refractivity contribution in [2.24, 2.45) is 11.8 Å². The van der Waals surface area contributed by atoms with Crippen LogP contribution in [-0.2, 0) is 6.42 Å². The first-order valence-electron chi connectivity index (χ1n) is 12.3. The SMILES string of the molecule is COc1cc(NC(=O)NC[C@H](C)CCN2CCC(Cc3ccc(Cl)c(Cl)c3)CC2)cc(OC)c1OC. The molecule has 3 rings (SSSR count). The van der Waals surface area contributed by atoms with Crippen molar-refractivity contribution in [3.8, 4) is 17.2 Å². The van der Waals surface area contributed by atoms with E-state index in [2.05, 4.69) is 28.5 Å². The van der Waals surface area contributed by atoms with Crippen LogP contribution >= 0.6 is 23.2 Å². The smallest absolute Gasteiger partial charge is 0.319 e. The van der Waals surface area contributed by atoms with Gasteiger partial charge < -0.3 is 29.7 Å². The lowest BCUT2D eigenvalue weighted by atomic mass is 9.90. The van der Waals surface area contributed by atoms with Gasteiger partial charge in [0.15, 0.2) is 11.5 Å². The molecule has 7 nitrogen and oxygen atoms in total. The summed E-state index contributed by atoms with van der Waals surface area (Å²) in [6, 6.07) is 9.09. The van der Waals surface area contributed by atoms with Crippen molar-refractivity contribution in [2.45, 2.75) is 32.6 Å². The lowest BCUT2D eigenvalue weighted by molar-refractivity contribution is 0.174. The Kier molecular flexibility index (Phi) is 10.8. The Hall–Kier alpha value is -2.35. The normalized spacial score (nSPS) is 15.3. The van der Waals surface area contributed by atoms with Crippen LogP contribution in [0.1, 0.15) is 31.7 Å². The highest BCUT2D eigenvalue weighted by Crippen LogP contribution is 2.39. The number of piperidine rings is 1. The number of likely N-dealkylation sites (tertiary alicyclic amines) is 1. The van der Waals surface area contributed by atoms with Crippen molar-refractivity contribution in [2.75, 3.05) is 52.8 Å². The van der Waals surface area contributed by atoms with Gasteiger partial charge in [-0.25, -0.2) is 4.79 Å². The van der Waals surface area contributed by atoms with E-state index in [1.165, 1.54) is 18.4 Å². The molecule has 0 spiro atoms. The third-order valence-corrected chi connectivity index (χ3v) is 7.43. The van der Waals surface area contributed by atoms with E-state index in [0.717, 1.165) is 32.5 Å². The molecule has 1 fully saturated rings. The molecule has 1 atom stereocenters. The fraction of sp³-hybridized carbons (Fsp3) is 0.519. The number of nitrogens with zero attached hydrogens (tertiary/aromatic N) is 1. The van der Waals surface area contributed by atoms with Crippen LogP contribution in [0, 0.1) is 11.8 Å². The summed E-state index contributed by atoms with van der Waals surface area (Å²) < 4.78 is 16.0. The van der Waals surface area contributed by atoms with Crippen LogP contribution in [-0.4, -0.2) is 58.4 Å². The van der Waals surface area contributed by atoms with Gasteiger partial charge in [0.1, 0.15) is 0 Å². The number of carbonyl (C=O) groups excluding carboxylic acids is 1. The lowest BCUT2D eigenvalue weighted by Crippen LogP contribution is -2.37. The molecule has 1 heterocycles. The maximum Gasteiger partial charge on any atom is 0.319 e. The number of urea groups is 1. The molecule has 2 amide bonds. The maximum atomic E-state index is 12.4. The average molecular weight is 539 g/mol. The van der Waals surface area contributed by atoms with Crippen LogP contribution in [0.25, 0.3) is 0 Å². The summed E-state index contributed by atoms with van der Waals surface area (Å²) in [5.74, 6) is 2.50. The summed E-state index contributed by atoms with van der Waals surface area (Å²) in [6.45, 7) is 6.01. The summed E-state index contributed by atoms with van der Waals surface area (Å²) >= 11 is 12.2. The maximum absolute atomic E-state index is 12.4. The molecule has 36 heavy (non-hydrogen) atoms. The summed E-state index contributed by atoms with van der Waals surface area (Å²) in [4.78, 5) is 15.0. The van der Waals surface area contributed by atoms with Gasteiger partial charge in [-0.15, -0.1) is 0 Å². The fourth-order valence-electron chi connectivity index (χ4n) is 4.51. The number of amides is 2. The van der Waals surface area contributed by atoms with E-state index >= 15 is 0 Å². The predicted octanol–water partition coefficient (Wildman–Crippen LogP) is 6.12. The molecule has 2 aromatic carbocycles. The zero-order chi connectivity index (χ0) is 26.1. The van der Waals surface area contributed by atoms with Gasteiger partial charge >= 0.3 is 6.03 Å². The summed E-state index contributed by atoms with van der Waals surface area (Å²) in [6.07, 6.45) is 4.45. The Morgan fingerprint density at radius 2 is 1.69 bits per heavy atom. The molecular weight excluding hydrogens is 501 g/mol.